The van der Waals surface area contributed by atoms with Gasteiger partial charge in [-0.1, -0.05) is 31.0 Å². The number of thioether (sulfide) groups is 1. The number of carbonyl (C=O) groups is 2. The molecular weight excluding hydrogens is 440 g/mol. The molecule has 3 aromatic rings. The summed E-state index contributed by atoms with van der Waals surface area (Å²) in [5, 5.41) is 6.14. The first kappa shape index (κ1) is 21.2. The summed E-state index contributed by atoms with van der Waals surface area (Å²) in [6.45, 7) is 1.64. The zero-order valence-corrected chi connectivity index (χ0v) is 19.0. The van der Waals surface area contributed by atoms with Crippen LogP contribution in [0.1, 0.15) is 39.0 Å². The summed E-state index contributed by atoms with van der Waals surface area (Å²) < 4.78 is 5.48. The van der Waals surface area contributed by atoms with E-state index in [0.717, 1.165) is 40.9 Å². The largest absolute Gasteiger partial charge is 0.452 e. The molecule has 1 amide bonds. The molecule has 158 valence electrons. The quantitative estimate of drug-likeness (QED) is 0.289. The number of thiazole rings is 1. The predicted molar refractivity (Wildman–Crippen MR) is 120 cm³/mol. The van der Waals surface area contributed by atoms with Crippen LogP contribution in [0.5, 0.6) is 0 Å². The second-order valence-corrected chi connectivity index (χ2v) is 9.79. The Labute approximate surface area is 186 Å². The van der Waals surface area contributed by atoms with Crippen molar-refractivity contribution in [2.75, 3.05) is 10.7 Å². The lowest BCUT2D eigenvalue weighted by atomic mass is 9.94. The zero-order valence-electron chi connectivity index (χ0n) is 16.5. The number of amides is 1. The average Bonchev–Trinajstić information content (AvgIpc) is 3.45. The fourth-order valence-electron chi connectivity index (χ4n) is 3.59. The summed E-state index contributed by atoms with van der Waals surface area (Å²) in [5.74, 6) is -0.566. The molecule has 3 heterocycles. The fourth-order valence-corrected chi connectivity index (χ4v) is 5.87. The molecule has 0 radical (unpaired) electrons. The standard InChI is InChI=1S/C20H22N4O3S3/c1-13(19(26)24(20-21-8-10-29-20)14-5-3-2-4-6-14)27-16(25)11-30-18-15-7-9-28-17(15)22-12-23-18/h7-10,12-14H,2-6,11H2,1H3. The minimum absolute atomic E-state index is 0.0836. The Morgan fingerprint density at radius 2 is 2.03 bits per heavy atom. The number of hydrogen-bond donors (Lipinski definition) is 0. The molecule has 1 atom stereocenters. The summed E-state index contributed by atoms with van der Waals surface area (Å²) in [5.41, 5.74) is 0. The van der Waals surface area contributed by atoms with Crippen LogP contribution in [0.2, 0.25) is 0 Å². The molecule has 0 spiro atoms. The molecule has 0 saturated heterocycles. The van der Waals surface area contributed by atoms with Gasteiger partial charge >= 0.3 is 5.97 Å². The van der Waals surface area contributed by atoms with Gasteiger partial charge in [0.2, 0.25) is 0 Å². The van der Waals surface area contributed by atoms with Gasteiger partial charge in [-0.2, -0.15) is 0 Å². The molecule has 10 heteroatoms. The summed E-state index contributed by atoms with van der Waals surface area (Å²) in [7, 11) is 0. The van der Waals surface area contributed by atoms with Gasteiger partial charge in [-0.05, 0) is 31.2 Å². The second kappa shape index (κ2) is 9.84. The number of thiophene rings is 1. The van der Waals surface area contributed by atoms with Crippen molar-refractivity contribution in [2.24, 2.45) is 0 Å². The molecule has 0 aromatic carbocycles. The molecular formula is C20H22N4O3S3. The minimum Gasteiger partial charge on any atom is -0.452 e. The Morgan fingerprint density at radius 3 is 2.80 bits per heavy atom. The molecule has 30 heavy (non-hydrogen) atoms. The first-order chi connectivity index (χ1) is 14.6. The van der Waals surface area contributed by atoms with Crippen molar-refractivity contribution in [1.82, 2.24) is 15.0 Å². The van der Waals surface area contributed by atoms with Gasteiger partial charge in [-0.3, -0.25) is 14.5 Å². The van der Waals surface area contributed by atoms with Crippen molar-refractivity contribution in [3.63, 3.8) is 0 Å². The average molecular weight is 463 g/mol. The van der Waals surface area contributed by atoms with Crippen LogP contribution in [0.15, 0.2) is 34.4 Å². The van der Waals surface area contributed by atoms with E-state index in [4.69, 9.17) is 4.74 Å². The predicted octanol–water partition coefficient (Wildman–Crippen LogP) is 4.54. The molecule has 1 unspecified atom stereocenters. The Balaban J connectivity index is 1.38. The van der Waals surface area contributed by atoms with E-state index >= 15 is 0 Å². The van der Waals surface area contributed by atoms with Gasteiger partial charge in [0.25, 0.3) is 5.91 Å². The zero-order chi connectivity index (χ0) is 20.9. The number of fused-ring (bicyclic) bond motifs is 1. The van der Waals surface area contributed by atoms with Gasteiger partial charge in [0.15, 0.2) is 11.2 Å². The summed E-state index contributed by atoms with van der Waals surface area (Å²) in [4.78, 5) is 41.0. The number of hydrogen-bond acceptors (Lipinski definition) is 9. The highest BCUT2D eigenvalue weighted by molar-refractivity contribution is 8.00. The third-order valence-corrected chi connectivity index (χ3v) is 7.58. The highest BCUT2D eigenvalue weighted by atomic mass is 32.2. The van der Waals surface area contributed by atoms with E-state index in [-0.39, 0.29) is 17.7 Å². The normalized spacial score (nSPS) is 15.8. The van der Waals surface area contributed by atoms with E-state index in [9.17, 15) is 9.59 Å². The molecule has 1 aliphatic carbocycles. The third-order valence-electron chi connectivity index (χ3n) is 5.01. The Morgan fingerprint density at radius 1 is 1.20 bits per heavy atom. The van der Waals surface area contributed by atoms with Crippen molar-refractivity contribution in [3.8, 4) is 0 Å². The monoisotopic (exact) mass is 462 g/mol. The molecule has 7 nitrogen and oxygen atoms in total. The number of carbonyl (C=O) groups excluding carboxylic acids is 2. The van der Waals surface area contributed by atoms with Crippen molar-refractivity contribution >= 4 is 61.7 Å². The van der Waals surface area contributed by atoms with Crippen LogP contribution in [0.3, 0.4) is 0 Å². The molecule has 0 bridgehead atoms. The number of rotatable bonds is 7. The molecule has 0 N–H and O–H groups in total. The van der Waals surface area contributed by atoms with E-state index in [1.807, 2.05) is 16.8 Å². The van der Waals surface area contributed by atoms with Gasteiger partial charge in [-0.25, -0.2) is 15.0 Å². The van der Waals surface area contributed by atoms with Crippen molar-refractivity contribution < 1.29 is 14.3 Å². The maximum absolute atomic E-state index is 13.2. The van der Waals surface area contributed by atoms with Gasteiger partial charge in [-0.15, -0.1) is 22.7 Å². The van der Waals surface area contributed by atoms with Crippen LogP contribution >= 0.6 is 34.4 Å². The number of nitrogens with zero attached hydrogens (tertiary/aromatic N) is 4. The third kappa shape index (κ3) is 4.81. The number of anilines is 1. The van der Waals surface area contributed by atoms with E-state index in [2.05, 4.69) is 15.0 Å². The van der Waals surface area contributed by atoms with Gasteiger partial charge in [0, 0.05) is 23.0 Å². The second-order valence-electron chi connectivity index (χ2n) is 7.05. The van der Waals surface area contributed by atoms with Crippen LogP contribution in [0.25, 0.3) is 10.2 Å². The molecule has 1 fully saturated rings. The van der Waals surface area contributed by atoms with Crippen molar-refractivity contribution in [2.45, 2.75) is 56.2 Å². The number of esters is 1. The minimum atomic E-state index is -0.865. The van der Waals surface area contributed by atoms with Gasteiger partial charge < -0.3 is 4.74 Å². The number of aromatic nitrogens is 3. The first-order valence-electron chi connectivity index (χ1n) is 9.86. The van der Waals surface area contributed by atoms with E-state index in [1.165, 1.54) is 47.2 Å². The molecule has 0 aliphatic heterocycles. The topological polar surface area (TPSA) is 85.3 Å². The lowest BCUT2D eigenvalue weighted by molar-refractivity contribution is -0.151. The van der Waals surface area contributed by atoms with Crippen molar-refractivity contribution in [1.29, 1.82) is 0 Å². The van der Waals surface area contributed by atoms with E-state index in [1.54, 1.807) is 18.0 Å². The van der Waals surface area contributed by atoms with Gasteiger partial charge in [0.1, 0.15) is 16.2 Å². The van der Waals surface area contributed by atoms with Crippen LogP contribution < -0.4 is 4.90 Å². The summed E-state index contributed by atoms with van der Waals surface area (Å²) in [6, 6.07) is 2.05. The van der Waals surface area contributed by atoms with E-state index < -0.39 is 12.1 Å². The lowest BCUT2D eigenvalue weighted by Gasteiger charge is -2.33. The summed E-state index contributed by atoms with van der Waals surface area (Å²) >= 11 is 4.26. The maximum atomic E-state index is 13.2. The van der Waals surface area contributed by atoms with E-state index in [0.29, 0.717) is 5.13 Å². The Bertz CT molecular complexity index is 1000. The molecule has 1 saturated carbocycles. The SMILES string of the molecule is CC(OC(=O)CSc1ncnc2sccc12)C(=O)N(c1nccs1)C1CCCCC1. The van der Waals surface area contributed by atoms with Crippen molar-refractivity contribution in [3.05, 3.63) is 29.4 Å². The van der Waals surface area contributed by atoms with Crippen LogP contribution in [-0.2, 0) is 14.3 Å². The van der Waals surface area contributed by atoms with Gasteiger partial charge in [0.05, 0.1) is 5.75 Å². The Kier molecular flexibility index (Phi) is 6.96. The highest BCUT2D eigenvalue weighted by Gasteiger charge is 2.33. The molecule has 4 rings (SSSR count). The van der Waals surface area contributed by atoms with Crippen LogP contribution in [0, 0.1) is 0 Å². The van der Waals surface area contributed by atoms with Crippen LogP contribution in [-0.4, -0.2) is 44.7 Å². The smallest absolute Gasteiger partial charge is 0.317 e. The summed E-state index contributed by atoms with van der Waals surface area (Å²) in [6.07, 6.45) is 7.62. The maximum Gasteiger partial charge on any atom is 0.317 e. The highest BCUT2D eigenvalue weighted by Crippen LogP contribution is 2.30. The van der Waals surface area contributed by atoms with Crippen LogP contribution in [0.4, 0.5) is 5.13 Å². The molecule has 3 aromatic heterocycles. The number of ether oxygens (including phenoxy) is 1. The molecule has 1 aliphatic rings. The fraction of sp³-hybridized carbons (Fsp3) is 0.450. The Hall–Kier alpha value is -2.04. The first-order valence-corrected chi connectivity index (χ1v) is 12.6. The lowest BCUT2D eigenvalue weighted by Crippen LogP contribution is -2.47.